The maximum atomic E-state index is 13.5. The van der Waals surface area contributed by atoms with Crippen LogP contribution in [0.1, 0.15) is 41.1 Å². The van der Waals surface area contributed by atoms with Crippen molar-refractivity contribution in [2.24, 2.45) is 11.8 Å². The summed E-state index contributed by atoms with van der Waals surface area (Å²) in [6, 6.07) is 9.78. The van der Waals surface area contributed by atoms with Gasteiger partial charge in [-0.15, -0.1) is 0 Å². The molecule has 2 saturated heterocycles. The number of hydrogen-bond donors (Lipinski definition) is 1. The molecule has 0 radical (unpaired) electrons. The number of hydrogen-bond acceptors (Lipinski definition) is 11. The van der Waals surface area contributed by atoms with Gasteiger partial charge in [-0.05, 0) is 55.5 Å². The molecular weight excluding hydrogens is 568 g/mol. The van der Waals surface area contributed by atoms with Gasteiger partial charge >= 0.3 is 11.9 Å². The molecule has 0 aromatic heterocycles. The number of methoxy groups -OCH3 is 6. The van der Waals surface area contributed by atoms with Gasteiger partial charge in [0, 0.05) is 42.2 Å². The summed E-state index contributed by atoms with van der Waals surface area (Å²) in [5.74, 6) is 1.51. The summed E-state index contributed by atoms with van der Waals surface area (Å²) in [7, 11) is 9.02. The Balaban J connectivity index is 1.29. The number of carbonyl (C=O) groups is 2. The molecule has 2 aromatic carbocycles. The highest BCUT2D eigenvalue weighted by Crippen LogP contribution is 2.51. The number of esters is 2. The third-order valence-electron chi connectivity index (χ3n) is 9.78. The highest BCUT2D eigenvalue weighted by atomic mass is 16.6. The molecule has 1 N–H and O–H groups in total. The summed E-state index contributed by atoms with van der Waals surface area (Å²) in [6.07, 6.45) is 1.55. The third-order valence-corrected chi connectivity index (χ3v) is 9.78. The van der Waals surface area contributed by atoms with Gasteiger partial charge in [0.2, 0.25) is 5.75 Å². The zero-order valence-electron chi connectivity index (χ0n) is 26.0. The summed E-state index contributed by atoms with van der Waals surface area (Å²) in [5.41, 5.74) is 3.12. The molecule has 4 aliphatic rings. The molecule has 3 heterocycles. The maximum Gasteiger partial charge on any atom is 0.339 e. The fraction of sp³-hybridized carbons (Fsp3) is 0.515. The van der Waals surface area contributed by atoms with E-state index in [-0.39, 0.29) is 29.5 Å². The molecule has 11 nitrogen and oxygen atoms in total. The molecule has 1 aliphatic carbocycles. The number of fused-ring (bicyclic) bond motifs is 6. The van der Waals surface area contributed by atoms with E-state index in [1.165, 1.54) is 41.1 Å². The van der Waals surface area contributed by atoms with Crippen molar-refractivity contribution in [3.8, 4) is 23.0 Å². The molecule has 6 rings (SSSR count). The molecule has 2 aromatic rings. The molecule has 0 spiro atoms. The fourth-order valence-electron chi connectivity index (χ4n) is 7.82. The zero-order chi connectivity index (χ0) is 31.1. The van der Waals surface area contributed by atoms with Crippen LogP contribution in [-0.4, -0.2) is 90.8 Å². The van der Waals surface area contributed by atoms with Crippen LogP contribution in [-0.2, 0) is 19.0 Å². The normalized spacial score (nSPS) is 27.0. The first-order valence-corrected chi connectivity index (χ1v) is 14.9. The van der Waals surface area contributed by atoms with Crippen LogP contribution in [0.2, 0.25) is 0 Å². The fourth-order valence-corrected chi connectivity index (χ4v) is 7.82. The number of nitrogens with zero attached hydrogens (tertiary/aromatic N) is 1. The SMILES string of the molecule is COC(=O)C1=C(OC)[C@H](OC(=O)c2cc(OC)c(OC)c(OC)c2)C[C@H]2CN3CC[C@@H]4c5ccc(OC)cc5N[C@H]4[C@H]3C[C@H]12. The number of benzene rings is 2. The van der Waals surface area contributed by atoms with Crippen molar-refractivity contribution in [3.05, 3.63) is 52.8 Å². The lowest BCUT2D eigenvalue weighted by Crippen LogP contribution is -2.60. The Morgan fingerprint density at radius 1 is 0.841 bits per heavy atom. The predicted molar refractivity (Wildman–Crippen MR) is 161 cm³/mol. The first-order valence-electron chi connectivity index (χ1n) is 14.9. The van der Waals surface area contributed by atoms with Crippen LogP contribution in [0.3, 0.4) is 0 Å². The number of carbonyl (C=O) groups excluding carboxylic acids is 2. The first-order chi connectivity index (χ1) is 21.3. The van der Waals surface area contributed by atoms with Crippen LogP contribution in [0, 0.1) is 11.8 Å². The number of ether oxygens (including phenoxy) is 7. The topological polar surface area (TPSA) is 114 Å². The highest BCUT2D eigenvalue weighted by Gasteiger charge is 2.52. The summed E-state index contributed by atoms with van der Waals surface area (Å²) in [6.45, 7) is 1.72. The van der Waals surface area contributed by atoms with E-state index in [1.54, 1.807) is 19.2 Å². The van der Waals surface area contributed by atoms with E-state index in [1.807, 2.05) is 6.07 Å². The van der Waals surface area contributed by atoms with Gasteiger partial charge in [-0.2, -0.15) is 0 Å². The Labute approximate surface area is 257 Å². The second-order valence-corrected chi connectivity index (χ2v) is 11.7. The Hall–Kier alpha value is -4.12. The molecule has 2 fully saturated rings. The smallest absolute Gasteiger partial charge is 0.339 e. The molecule has 236 valence electrons. The Morgan fingerprint density at radius 2 is 1.59 bits per heavy atom. The second-order valence-electron chi connectivity index (χ2n) is 11.7. The van der Waals surface area contributed by atoms with Gasteiger partial charge in [0.25, 0.3) is 0 Å². The molecular formula is C33H40N2O9. The molecule has 0 bridgehead atoms. The lowest BCUT2D eigenvalue weighted by atomic mass is 9.67. The van der Waals surface area contributed by atoms with Crippen molar-refractivity contribution in [1.82, 2.24) is 4.90 Å². The lowest BCUT2D eigenvalue weighted by Gasteiger charge is -2.52. The summed E-state index contributed by atoms with van der Waals surface area (Å²) in [4.78, 5) is 29.4. The van der Waals surface area contributed by atoms with Crippen molar-refractivity contribution in [3.63, 3.8) is 0 Å². The summed E-state index contributed by atoms with van der Waals surface area (Å²) < 4.78 is 38.9. The minimum Gasteiger partial charge on any atom is -0.497 e. The second kappa shape index (κ2) is 12.1. The van der Waals surface area contributed by atoms with Crippen molar-refractivity contribution in [2.75, 3.05) is 61.1 Å². The van der Waals surface area contributed by atoms with Gasteiger partial charge in [0.05, 0.1) is 53.8 Å². The van der Waals surface area contributed by atoms with Crippen molar-refractivity contribution in [1.29, 1.82) is 0 Å². The van der Waals surface area contributed by atoms with E-state index < -0.39 is 18.0 Å². The minimum absolute atomic E-state index is 0.0670. The molecule has 3 aliphatic heterocycles. The number of nitrogens with one attached hydrogen (secondary N) is 1. The average Bonchev–Trinajstić information content (AvgIpc) is 3.43. The van der Waals surface area contributed by atoms with Crippen LogP contribution < -0.4 is 24.3 Å². The largest absolute Gasteiger partial charge is 0.497 e. The van der Waals surface area contributed by atoms with E-state index in [4.69, 9.17) is 33.2 Å². The van der Waals surface area contributed by atoms with Gasteiger partial charge in [0.15, 0.2) is 17.6 Å². The maximum absolute atomic E-state index is 13.5. The monoisotopic (exact) mass is 608 g/mol. The molecule has 0 amide bonds. The first kappa shape index (κ1) is 29.9. The quantitative estimate of drug-likeness (QED) is 0.439. The van der Waals surface area contributed by atoms with Crippen LogP contribution >= 0.6 is 0 Å². The van der Waals surface area contributed by atoms with Crippen molar-refractivity contribution >= 4 is 17.6 Å². The van der Waals surface area contributed by atoms with Gasteiger partial charge in [0.1, 0.15) is 11.5 Å². The average molecular weight is 609 g/mol. The molecule has 0 saturated carbocycles. The van der Waals surface area contributed by atoms with Crippen LogP contribution in [0.4, 0.5) is 5.69 Å². The van der Waals surface area contributed by atoms with Gasteiger partial charge in [-0.25, -0.2) is 9.59 Å². The van der Waals surface area contributed by atoms with E-state index in [0.717, 1.165) is 37.4 Å². The number of rotatable bonds is 8. The van der Waals surface area contributed by atoms with Crippen LogP contribution in [0.5, 0.6) is 23.0 Å². The van der Waals surface area contributed by atoms with Gasteiger partial charge in [-0.3, -0.25) is 4.90 Å². The van der Waals surface area contributed by atoms with Crippen molar-refractivity contribution in [2.45, 2.75) is 43.4 Å². The van der Waals surface area contributed by atoms with Crippen LogP contribution in [0.25, 0.3) is 0 Å². The van der Waals surface area contributed by atoms with Gasteiger partial charge < -0.3 is 38.5 Å². The van der Waals surface area contributed by atoms with E-state index in [9.17, 15) is 9.59 Å². The highest BCUT2D eigenvalue weighted by molar-refractivity contribution is 5.92. The van der Waals surface area contributed by atoms with Gasteiger partial charge in [-0.1, -0.05) is 6.07 Å². The van der Waals surface area contributed by atoms with Crippen molar-refractivity contribution < 1.29 is 42.7 Å². The van der Waals surface area contributed by atoms with E-state index >= 15 is 0 Å². The third kappa shape index (κ3) is 4.96. The zero-order valence-corrected chi connectivity index (χ0v) is 26.0. The standard InChI is InChI=1S/C33H40N2O9/c1-38-19-7-8-20-21-9-10-35-16-18-13-27(44-32(36)17-11-25(39-2)30(41-4)26(12-17)40-3)31(42-5)28(33(37)43-6)22(18)15-24(35)29(21)34-23(20)14-19/h7-8,11-12,14,18,21-22,24,27,29,34H,9-10,13,15-16H2,1-6H3/t18-,21+,22-,24+,27+,29+/m0/s1. The number of anilines is 1. The predicted octanol–water partition coefficient (Wildman–Crippen LogP) is 4.01. The molecule has 11 heteroatoms. The van der Waals surface area contributed by atoms with Crippen LogP contribution in [0.15, 0.2) is 41.7 Å². The number of piperidine rings is 2. The lowest BCUT2D eigenvalue weighted by molar-refractivity contribution is -0.138. The summed E-state index contributed by atoms with van der Waals surface area (Å²) in [5, 5.41) is 3.79. The molecule has 0 unspecified atom stereocenters. The summed E-state index contributed by atoms with van der Waals surface area (Å²) >= 11 is 0. The Morgan fingerprint density at radius 3 is 2.23 bits per heavy atom. The minimum atomic E-state index is -0.766. The van der Waals surface area contributed by atoms with E-state index in [2.05, 4.69) is 22.3 Å². The Kier molecular flexibility index (Phi) is 8.24. The molecule has 6 atom stereocenters. The Bertz CT molecular complexity index is 1450. The van der Waals surface area contributed by atoms with E-state index in [0.29, 0.717) is 40.9 Å². The molecule has 44 heavy (non-hydrogen) atoms.